The lowest BCUT2D eigenvalue weighted by molar-refractivity contribution is -0.121. The third-order valence-corrected chi connectivity index (χ3v) is 4.26. The molecule has 104 valence electrons. The van der Waals surface area contributed by atoms with Gasteiger partial charge in [0.25, 0.3) is 0 Å². The Hall–Kier alpha value is -1.51. The SMILES string of the molecule is Cc1cc(C)c(NC(=O)C2CCC(C)CC2)cc1N. The van der Waals surface area contributed by atoms with Crippen LogP contribution in [-0.4, -0.2) is 5.91 Å². The zero-order chi connectivity index (χ0) is 14.0. The van der Waals surface area contributed by atoms with Crippen molar-refractivity contribution in [3.8, 4) is 0 Å². The van der Waals surface area contributed by atoms with Crippen molar-refractivity contribution in [2.45, 2.75) is 46.5 Å². The summed E-state index contributed by atoms with van der Waals surface area (Å²) in [6.45, 7) is 6.25. The van der Waals surface area contributed by atoms with Crippen LogP contribution < -0.4 is 11.1 Å². The number of benzene rings is 1. The van der Waals surface area contributed by atoms with Crippen molar-refractivity contribution in [3.05, 3.63) is 23.3 Å². The van der Waals surface area contributed by atoms with Gasteiger partial charge in [0.15, 0.2) is 0 Å². The normalized spacial score (nSPS) is 23.1. The molecule has 1 saturated carbocycles. The van der Waals surface area contributed by atoms with Crippen LogP contribution in [0.2, 0.25) is 0 Å². The molecule has 1 aromatic carbocycles. The van der Waals surface area contributed by atoms with Crippen LogP contribution in [0.4, 0.5) is 11.4 Å². The van der Waals surface area contributed by atoms with E-state index >= 15 is 0 Å². The second-order valence-electron chi connectivity index (χ2n) is 5.97. The van der Waals surface area contributed by atoms with E-state index in [1.165, 1.54) is 0 Å². The van der Waals surface area contributed by atoms with Crippen LogP contribution in [0.3, 0.4) is 0 Å². The van der Waals surface area contributed by atoms with Crippen LogP contribution in [0.15, 0.2) is 12.1 Å². The standard InChI is InChI=1S/C16H24N2O/c1-10-4-6-13(7-5-10)16(19)18-15-9-14(17)11(2)8-12(15)3/h8-10,13H,4-7,17H2,1-3H3,(H,18,19). The van der Waals surface area contributed by atoms with Gasteiger partial charge in [-0.25, -0.2) is 0 Å². The third kappa shape index (κ3) is 3.28. The maximum absolute atomic E-state index is 12.3. The topological polar surface area (TPSA) is 55.1 Å². The smallest absolute Gasteiger partial charge is 0.227 e. The monoisotopic (exact) mass is 260 g/mol. The summed E-state index contributed by atoms with van der Waals surface area (Å²) in [6, 6.07) is 3.89. The summed E-state index contributed by atoms with van der Waals surface area (Å²) >= 11 is 0. The Bertz CT molecular complexity index is 474. The van der Waals surface area contributed by atoms with Gasteiger partial charge in [0, 0.05) is 17.3 Å². The Kier molecular flexibility index (Phi) is 4.13. The summed E-state index contributed by atoms with van der Waals surface area (Å²) in [5.41, 5.74) is 9.63. The summed E-state index contributed by atoms with van der Waals surface area (Å²) in [6.07, 6.45) is 4.33. The molecule has 0 bridgehead atoms. The van der Waals surface area contributed by atoms with Crippen LogP contribution >= 0.6 is 0 Å². The van der Waals surface area contributed by atoms with Gasteiger partial charge in [-0.3, -0.25) is 4.79 Å². The molecular formula is C16H24N2O. The van der Waals surface area contributed by atoms with E-state index < -0.39 is 0 Å². The quantitative estimate of drug-likeness (QED) is 0.797. The molecule has 0 aromatic heterocycles. The number of nitrogen functional groups attached to an aromatic ring is 1. The summed E-state index contributed by atoms with van der Waals surface area (Å²) < 4.78 is 0. The first kappa shape index (κ1) is 13.9. The Balaban J connectivity index is 2.05. The number of nitrogens with one attached hydrogen (secondary N) is 1. The molecule has 2 rings (SSSR count). The average Bonchev–Trinajstić information content (AvgIpc) is 2.36. The Morgan fingerprint density at radius 3 is 2.42 bits per heavy atom. The molecule has 0 saturated heterocycles. The molecule has 1 amide bonds. The molecule has 1 fully saturated rings. The zero-order valence-electron chi connectivity index (χ0n) is 12.1. The molecule has 3 N–H and O–H groups in total. The van der Waals surface area contributed by atoms with E-state index in [-0.39, 0.29) is 11.8 Å². The zero-order valence-corrected chi connectivity index (χ0v) is 12.1. The number of amides is 1. The number of carbonyl (C=O) groups excluding carboxylic acids is 1. The first-order valence-corrected chi connectivity index (χ1v) is 7.15. The van der Waals surface area contributed by atoms with Crippen LogP contribution in [-0.2, 0) is 4.79 Å². The number of hydrogen-bond acceptors (Lipinski definition) is 2. The lowest BCUT2D eigenvalue weighted by Crippen LogP contribution is -2.27. The molecule has 0 heterocycles. The number of carbonyl (C=O) groups is 1. The number of rotatable bonds is 2. The summed E-state index contributed by atoms with van der Waals surface area (Å²) in [7, 11) is 0. The number of hydrogen-bond donors (Lipinski definition) is 2. The Morgan fingerprint density at radius 1 is 1.16 bits per heavy atom. The van der Waals surface area contributed by atoms with E-state index in [4.69, 9.17) is 5.73 Å². The highest BCUT2D eigenvalue weighted by Gasteiger charge is 2.24. The van der Waals surface area contributed by atoms with Gasteiger partial charge in [-0.05, 0) is 62.6 Å². The Morgan fingerprint density at radius 2 is 1.79 bits per heavy atom. The van der Waals surface area contributed by atoms with Crippen molar-refractivity contribution in [2.24, 2.45) is 11.8 Å². The molecule has 0 atom stereocenters. The van der Waals surface area contributed by atoms with Gasteiger partial charge in [0.2, 0.25) is 5.91 Å². The van der Waals surface area contributed by atoms with Crippen LogP contribution in [0, 0.1) is 25.7 Å². The van der Waals surface area contributed by atoms with Crippen molar-refractivity contribution < 1.29 is 4.79 Å². The second-order valence-corrected chi connectivity index (χ2v) is 5.97. The van der Waals surface area contributed by atoms with Crippen molar-refractivity contribution in [2.75, 3.05) is 11.1 Å². The van der Waals surface area contributed by atoms with Crippen LogP contribution in [0.1, 0.15) is 43.7 Å². The highest BCUT2D eigenvalue weighted by Crippen LogP contribution is 2.30. The van der Waals surface area contributed by atoms with Gasteiger partial charge < -0.3 is 11.1 Å². The van der Waals surface area contributed by atoms with E-state index in [0.29, 0.717) is 0 Å². The second kappa shape index (κ2) is 5.64. The third-order valence-electron chi connectivity index (χ3n) is 4.26. The molecule has 1 aliphatic carbocycles. The highest BCUT2D eigenvalue weighted by molar-refractivity contribution is 5.93. The van der Waals surface area contributed by atoms with E-state index in [9.17, 15) is 4.79 Å². The minimum Gasteiger partial charge on any atom is -0.398 e. The fourth-order valence-electron chi connectivity index (χ4n) is 2.76. The van der Waals surface area contributed by atoms with Crippen LogP contribution in [0.5, 0.6) is 0 Å². The molecule has 1 aliphatic rings. The molecule has 3 heteroatoms. The van der Waals surface area contributed by atoms with E-state index in [1.54, 1.807) is 0 Å². The largest absolute Gasteiger partial charge is 0.398 e. The molecule has 0 aliphatic heterocycles. The number of aryl methyl sites for hydroxylation is 2. The summed E-state index contributed by atoms with van der Waals surface area (Å²) in [5.74, 6) is 1.08. The number of nitrogens with two attached hydrogens (primary N) is 1. The summed E-state index contributed by atoms with van der Waals surface area (Å²) in [5, 5.41) is 3.04. The lowest BCUT2D eigenvalue weighted by Gasteiger charge is -2.25. The fourth-order valence-corrected chi connectivity index (χ4v) is 2.76. The van der Waals surface area contributed by atoms with Gasteiger partial charge in [-0.15, -0.1) is 0 Å². The molecule has 0 radical (unpaired) electrons. The van der Waals surface area contributed by atoms with Gasteiger partial charge in [-0.1, -0.05) is 13.0 Å². The van der Waals surface area contributed by atoms with E-state index in [1.807, 2.05) is 26.0 Å². The van der Waals surface area contributed by atoms with Gasteiger partial charge >= 0.3 is 0 Å². The fraction of sp³-hybridized carbons (Fsp3) is 0.562. The van der Waals surface area contributed by atoms with Crippen molar-refractivity contribution in [1.82, 2.24) is 0 Å². The van der Waals surface area contributed by atoms with Crippen LogP contribution in [0.25, 0.3) is 0 Å². The lowest BCUT2D eigenvalue weighted by atomic mass is 9.82. The predicted octanol–water partition coefficient (Wildman–Crippen LogP) is 3.65. The van der Waals surface area contributed by atoms with Crippen molar-refractivity contribution >= 4 is 17.3 Å². The maximum atomic E-state index is 12.3. The predicted molar refractivity (Wildman–Crippen MR) is 80.1 cm³/mol. The Labute approximate surface area is 115 Å². The van der Waals surface area contributed by atoms with Gasteiger partial charge in [0.05, 0.1) is 0 Å². The van der Waals surface area contributed by atoms with Crippen molar-refractivity contribution in [3.63, 3.8) is 0 Å². The van der Waals surface area contributed by atoms with Crippen molar-refractivity contribution in [1.29, 1.82) is 0 Å². The van der Waals surface area contributed by atoms with E-state index in [2.05, 4.69) is 12.2 Å². The molecule has 0 unspecified atom stereocenters. The molecule has 19 heavy (non-hydrogen) atoms. The minimum absolute atomic E-state index is 0.151. The molecule has 1 aromatic rings. The highest BCUT2D eigenvalue weighted by atomic mass is 16.1. The molecule has 0 spiro atoms. The van der Waals surface area contributed by atoms with E-state index in [0.717, 1.165) is 54.1 Å². The van der Waals surface area contributed by atoms with Gasteiger partial charge in [0.1, 0.15) is 0 Å². The average molecular weight is 260 g/mol. The molecule has 3 nitrogen and oxygen atoms in total. The number of anilines is 2. The maximum Gasteiger partial charge on any atom is 0.227 e. The summed E-state index contributed by atoms with van der Waals surface area (Å²) in [4.78, 5) is 12.3. The first-order chi connectivity index (χ1) is 8.97. The minimum atomic E-state index is 0.151. The molecular weight excluding hydrogens is 236 g/mol. The van der Waals surface area contributed by atoms with Gasteiger partial charge in [-0.2, -0.15) is 0 Å². The first-order valence-electron chi connectivity index (χ1n) is 7.15.